The van der Waals surface area contributed by atoms with Crippen molar-refractivity contribution in [1.29, 1.82) is 0 Å². The molecular formula is C20H22ClN3O2S. The summed E-state index contributed by atoms with van der Waals surface area (Å²) in [5.74, 6) is 0.561. The van der Waals surface area contributed by atoms with E-state index in [1.54, 1.807) is 24.1 Å². The minimum atomic E-state index is -0.141. The second kappa shape index (κ2) is 8.69. The van der Waals surface area contributed by atoms with E-state index in [2.05, 4.69) is 4.90 Å². The second-order valence-electron chi connectivity index (χ2n) is 6.40. The van der Waals surface area contributed by atoms with Crippen molar-refractivity contribution in [2.75, 3.05) is 39.2 Å². The molecule has 5 nitrogen and oxygen atoms in total. The van der Waals surface area contributed by atoms with Gasteiger partial charge in [0.25, 0.3) is 5.91 Å². The van der Waals surface area contributed by atoms with Crippen molar-refractivity contribution in [3.63, 3.8) is 0 Å². The highest BCUT2D eigenvalue weighted by Crippen LogP contribution is 2.35. The number of hydrogen-bond acceptors (Lipinski definition) is 5. The number of hydrogen-bond donors (Lipinski definition) is 0. The van der Waals surface area contributed by atoms with Gasteiger partial charge in [-0.15, -0.1) is 0 Å². The van der Waals surface area contributed by atoms with Gasteiger partial charge in [0.05, 0.1) is 22.4 Å². The number of carbonyl (C=O) groups is 1. The molecule has 0 radical (unpaired) electrons. The van der Waals surface area contributed by atoms with Crippen LogP contribution < -0.4 is 9.64 Å². The molecule has 0 saturated carbocycles. The first-order valence-electron chi connectivity index (χ1n) is 8.66. The zero-order valence-electron chi connectivity index (χ0n) is 15.6. The third-order valence-electron chi connectivity index (χ3n) is 4.16. The number of carbonyl (C=O) groups excluding carboxylic acids is 1. The van der Waals surface area contributed by atoms with E-state index < -0.39 is 0 Å². The normalized spacial score (nSPS) is 11.1. The molecule has 0 spiro atoms. The lowest BCUT2D eigenvalue weighted by Crippen LogP contribution is -2.33. The van der Waals surface area contributed by atoms with Gasteiger partial charge < -0.3 is 9.64 Å². The first-order valence-corrected chi connectivity index (χ1v) is 9.85. The number of methoxy groups -OCH3 is 1. The molecule has 0 saturated heterocycles. The number of amides is 1. The van der Waals surface area contributed by atoms with Crippen LogP contribution in [0.25, 0.3) is 10.2 Å². The maximum Gasteiger partial charge on any atom is 0.261 e. The molecule has 142 valence electrons. The molecule has 1 aromatic heterocycles. The van der Waals surface area contributed by atoms with Gasteiger partial charge in [-0.25, -0.2) is 4.98 Å². The monoisotopic (exact) mass is 403 g/mol. The number of rotatable bonds is 7. The summed E-state index contributed by atoms with van der Waals surface area (Å²) in [6, 6.07) is 12.9. The zero-order valence-corrected chi connectivity index (χ0v) is 17.2. The number of nitrogens with zero attached hydrogens (tertiary/aromatic N) is 3. The highest BCUT2D eigenvalue weighted by Gasteiger charge is 2.23. The Kier molecular flexibility index (Phi) is 6.31. The first-order chi connectivity index (χ1) is 13.0. The fraction of sp³-hybridized carbons (Fsp3) is 0.300. The molecule has 0 aliphatic carbocycles. The molecule has 0 bridgehead atoms. The van der Waals surface area contributed by atoms with Crippen molar-refractivity contribution >= 4 is 44.2 Å². The minimum absolute atomic E-state index is 0.141. The van der Waals surface area contributed by atoms with Crippen LogP contribution in [-0.2, 0) is 0 Å². The van der Waals surface area contributed by atoms with Gasteiger partial charge in [0.1, 0.15) is 11.3 Å². The van der Waals surface area contributed by atoms with Crippen LogP contribution in [-0.4, -0.2) is 50.1 Å². The summed E-state index contributed by atoms with van der Waals surface area (Å²) in [7, 11) is 5.66. The number of fused-ring (bicyclic) bond motifs is 1. The molecule has 0 aliphatic heterocycles. The first kappa shape index (κ1) is 19.6. The Labute approximate surface area is 168 Å². The van der Waals surface area contributed by atoms with Crippen LogP contribution in [0.3, 0.4) is 0 Å². The Morgan fingerprint density at radius 2 is 1.93 bits per heavy atom. The van der Waals surface area contributed by atoms with E-state index in [0.29, 0.717) is 28.0 Å². The van der Waals surface area contributed by atoms with Gasteiger partial charge in [0.15, 0.2) is 5.13 Å². The minimum Gasteiger partial charge on any atom is -0.494 e. The van der Waals surface area contributed by atoms with Crippen molar-refractivity contribution in [2.45, 2.75) is 6.42 Å². The molecule has 2 aromatic carbocycles. The Hall–Kier alpha value is -2.15. The van der Waals surface area contributed by atoms with E-state index in [0.717, 1.165) is 23.2 Å². The number of halogens is 1. The van der Waals surface area contributed by atoms with Crippen LogP contribution in [0, 0.1) is 0 Å². The molecule has 0 unspecified atom stereocenters. The van der Waals surface area contributed by atoms with E-state index >= 15 is 0 Å². The highest BCUT2D eigenvalue weighted by molar-refractivity contribution is 7.22. The Bertz CT molecular complexity index is 942. The van der Waals surface area contributed by atoms with Crippen LogP contribution in [0.2, 0.25) is 5.02 Å². The third kappa shape index (κ3) is 4.40. The molecule has 1 heterocycles. The van der Waals surface area contributed by atoms with E-state index in [9.17, 15) is 4.79 Å². The number of ether oxygens (including phenoxy) is 1. The van der Waals surface area contributed by atoms with Crippen molar-refractivity contribution in [1.82, 2.24) is 9.88 Å². The van der Waals surface area contributed by atoms with E-state index in [-0.39, 0.29) is 5.91 Å². The molecule has 0 N–H and O–H groups in total. The molecule has 0 aliphatic rings. The van der Waals surface area contributed by atoms with Gasteiger partial charge in [-0.3, -0.25) is 9.69 Å². The summed E-state index contributed by atoms with van der Waals surface area (Å²) in [6.07, 6.45) is 0.830. The summed E-state index contributed by atoms with van der Waals surface area (Å²) in [5, 5.41) is 1.09. The smallest absolute Gasteiger partial charge is 0.261 e. The number of aromatic nitrogens is 1. The zero-order chi connectivity index (χ0) is 19.4. The molecule has 7 heteroatoms. The quantitative estimate of drug-likeness (QED) is 0.580. The van der Waals surface area contributed by atoms with Gasteiger partial charge in [-0.1, -0.05) is 41.1 Å². The fourth-order valence-corrected chi connectivity index (χ4v) is 4.02. The molecule has 0 fully saturated rings. The van der Waals surface area contributed by atoms with Gasteiger partial charge in [-0.05, 0) is 51.3 Å². The van der Waals surface area contributed by atoms with Gasteiger partial charge >= 0.3 is 0 Å². The average molecular weight is 404 g/mol. The van der Waals surface area contributed by atoms with Crippen LogP contribution >= 0.6 is 22.9 Å². The predicted octanol–water partition coefficient (Wildman–Crippen LogP) is 4.56. The van der Waals surface area contributed by atoms with E-state index in [1.165, 1.54) is 11.3 Å². The highest BCUT2D eigenvalue weighted by atomic mass is 35.5. The van der Waals surface area contributed by atoms with E-state index in [4.69, 9.17) is 21.3 Å². The van der Waals surface area contributed by atoms with Gasteiger partial charge in [0, 0.05) is 6.54 Å². The lowest BCUT2D eigenvalue weighted by Gasteiger charge is -2.21. The van der Waals surface area contributed by atoms with Crippen molar-refractivity contribution in [3.05, 3.63) is 53.1 Å². The van der Waals surface area contributed by atoms with Gasteiger partial charge in [-0.2, -0.15) is 0 Å². The largest absolute Gasteiger partial charge is 0.494 e. The Morgan fingerprint density at radius 3 is 2.63 bits per heavy atom. The Morgan fingerprint density at radius 1 is 1.15 bits per heavy atom. The molecule has 0 atom stereocenters. The summed E-state index contributed by atoms with van der Waals surface area (Å²) in [6.45, 7) is 1.44. The molecule has 3 aromatic rings. The van der Waals surface area contributed by atoms with E-state index in [1.807, 2.05) is 44.4 Å². The molecule has 1 amide bonds. The van der Waals surface area contributed by atoms with Crippen LogP contribution in [0.1, 0.15) is 16.8 Å². The van der Waals surface area contributed by atoms with Crippen molar-refractivity contribution in [3.8, 4) is 5.75 Å². The summed E-state index contributed by atoms with van der Waals surface area (Å²) in [4.78, 5) is 21.8. The average Bonchev–Trinajstić information content (AvgIpc) is 3.08. The molecule has 27 heavy (non-hydrogen) atoms. The SMILES string of the molecule is COc1cccc2sc(N(CCCN(C)C)C(=O)c3ccccc3Cl)nc12. The third-order valence-corrected chi connectivity index (χ3v) is 5.53. The summed E-state index contributed by atoms with van der Waals surface area (Å²) in [5.41, 5.74) is 1.25. The van der Waals surface area contributed by atoms with Gasteiger partial charge in [0.2, 0.25) is 0 Å². The number of benzene rings is 2. The predicted molar refractivity (Wildman–Crippen MR) is 112 cm³/mol. The number of thiazole rings is 1. The number of para-hydroxylation sites is 1. The summed E-state index contributed by atoms with van der Waals surface area (Å²) < 4.78 is 6.39. The van der Waals surface area contributed by atoms with Crippen LogP contribution in [0.15, 0.2) is 42.5 Å². The topological polar surface area (TPSA) is 45.7 Å². The standard InChI is InChI=1S/C20H22ClN3O2S/c1-23(2)12-7-13-24(19(25)14-8-4-5-9-15(14)21)20-22-18-16(26-3)10-6-11-17(18)27-20/h4-6,8-11H,7,12-13H2,1-3H3. The van der Waals surface area contributed by atoms with Crippen LogP contribution in [0.4, 0.5) is 5.13 Å². The summed E-state index contributed by atoms with van der Waals surface area (Å²) >= 11 is 7.75. The Balaban J connectivity index is 1.99. The maximum atomic E-state index is 13.2. The fourth-order valence-electron chi connectivity index (χ4n) is 2.80. The van der Waals surface area contributed by atoms with Crippen molar-refractivity contribution < 1.29 is 9.53 Å². The molecule has 3 rings (SSSR count). The second-order valence-corrected chi connectivity index (χ2v) is 7.81. The maximum absolute atomic E-state index is 13.2. The lowest BCUT2D eigenvalue weighted by molar-refractivity contribution is 0.0986. The molecular weight excluding hydrogens is 382 g/mol. The van der Waals surface area contributed by atoms with Crippen LogP contribution in [0.5, 0.6) is 5.75 Å². The number of anilines is 1. The van der Waals surface area contributed by atoms with Crippen molar-refractivity contribution in [2.24, 2.45) is 0 Å². The lowest BCUT2D eigenvalue weighted by atomic mass is 10.2.